The fourth-order valence-corrected chi connectivity index (χ4v) is 1.96. The Morgan fingerprint density at radius 3 is 1.80 bits per heavy atom. The zero-order valence-electron chi connectivity index (χ0n) is 6.45. The van der Waals surface area contributed by atoms with Crippen LogP contribution >= 0.6 is 0 Å². The second kappa shape index (κ2) is 3.35. The summed E-state index contributed by atoms with van der Waals surface area (Å²) in [5.41, 5.74) is 0. The molecule has 60 valence electrons. The van der Waals surface area contributed by atoms with Crippen LogP contribution in [0.15, 0.2) is 0 Å². The number of hydrogen-bond donors (Lipinski definition) is 2. The van der Waals surface area contributed by atoms with Gasteiger partial charge in [-0.2, -0.15) is 0 Å². The molecule has 2 unspecified atom stereocenters. The highest BCUT2D eigenvalue weighted by molar-refractivity contribution is 4.80. The molecule has 3 atom stereocenters. The van der Waals surface area contributed by atoms with Gasteiger partial charge in [-0.05, 0) is 30.6 Å². The Hall–Kier alpha value is -0.0800. The SMILES string of the molecule is CC1CC(CO)[C@@H](CO)C1. The van der Waals surface area contributed by atoms with E-state index >= 15 is 0 Å². The summed E-state index contributed by atoms with van der Waals surface area (Å²) in [4.78, 5) is 0. The molecule has 10 heavy (non-hydrogen) atoms. The molecule has 2 nitrogen and oxygen atoms in total. The maximum absolute atomic E-state index is 8.87. The number of aliphatic hydroxyl groups is 2. The standard InChI is InChI=1S/C8H16O2/c1-6-2-7(4-9)8(3-6)5-10/h6-10H,2-5H2,1H3/t6?,7-,8?/m1/s1. The Balaban J connectivity index is 2.41. The van der Waals surface area contributed by atoms with Crippen LogP contribution in [0.2, 0.25) is 0 Å². The van der Waals surface area contributed by atoms with E-state index in [1.807, 2.05) is 0 Å². The van der Waals surface area contributed by atoms with Gasteiger partial charge in [0.15, 0.2) is 0 Å². The Morgan fingerprint density at radius 2 is 1.50 bits per heavy atom. The average Bonchev–Trinajstić information content (AvgIpc) is 2.30. The molecule has 0 heterocycles. The van der Waals surface area contributed by atoms with Crippen LogP contribution < -0.4 is 0 Å². The lowest BCUT2D eigenvalue weighted by Crippen LogP contribution is -2.15. The highest BCUT2D eigenvalue weighted by Gasteiger charge is 2.30. The minimum atomic E-state index is 0.246. The first-order valence-electron chi connectivity index (χ1n) is 3.99. The topological polar surface area (TPSA) is 40.5 Å². The van der Waals surface area contributed by atoms with Gasteiger partial charge in [0.05, 0.1) is 0 Å². The Kier molecular flexibility index (Phi) is 2.69. The molecule has 0 spiro atoms. The van der Waals surface area contributed by atoms with Crippen molar-refractivity contribution in [3.05, 3.63) is 0 Å². The molecule has 1 fully saturated rings. The molecule has 0 aliphatic heterocycles. The minimum absolute atomic E-state index is 0.246. The molecule has 1 saturated carbocycles. The summed E-state index contributed by atoms with van der Waals surface area (Å²) in [6, 6.07) is 0. The molecule has 1 aliphatic carbocycles. The van der Waals surface area contributed by atoms with E-state index < -0.39 is 0 Å². The highest BCUT2D eigenvalue weighted by Crippen LogP contribution is 2.35. The smallest absolute Gasteiger partial charge is 0.0462 e. The summed E-state index contributed by atoms with van der Waals surface area (Å²) >= 11 is 0. The molecule has 0 amide bonds. The first-order chi connectivity index (χ1) is 4.77. The zero-order chi connectivity index (χ0) is 7.56. The molecule has 0 aromatic rings. The molecular weight excluding hydrogens is 128 g/mol. The normalized spacial score (nSPS) is 40.5. The van der Waals surface area contributed by atoms with Crippen molar-refractivity contribution in [1.29, 1.82) is 0 Å². The number of aliphatic hydroxyl groups excluding tert-OH is 2. The number of rotatable bonds is 2. The van der Waals surface area contributed by atoms with Gasteiger partial charge in [-0.25, -0.2) is 0 Å². The summed E-state index contributed by atoms with van der Waals surface area (Å²) in [6.07, 6.45) is 2.17. The maximum Gasteiger partial charge on any atom is 0.0462 e. The van der Waals surface area contributed by atoms with Gasteiger partial charge in [0.25, 0.3) is 0 Å². The van der Waals surface area contributed by atoms with Gasteiger partial charge in [-0.15, -0.1) is 0 Å². The second-order valence-electron chi connectivity index (χ2n) is 3.46. The predicted molar refractivity (Wildman–Crippen MR) is 39.5 cm³/mol. The van der Waals surface area contributed by atoms with Crippen LogP contribution in [0.25, 0.3) is 0 Å². The van der Waals surface area contributed by atoms with E-state index in [4.69, 9.17) is 10.2 Å². The predicted octanol–water partition coefficient (Wildman–Crippen LogP) is 0.633. The average molecular weight is 144 g/mol. The zero-order valence-corrected chi connectivity index (χ0v) is 6.45. The van der Waals surface area contributed by atoms with Gasteiger partial charge < -0.3 is 10.2 Å². The van der Waals surface area contributed by atoms with Crippen molar-refractivity contribution in [2.75, 3.05) is 13.2 Å². The van der Waals surface area contributed by atoms with E-state index in [0.29, 0.717) is 17.8 Å². The van der Waals surface area contributed by atoms with Crippen molar-refractivity contribution in [3.8, 4) is 0 Å². The molecule has 1 rings (SSSR count). The Bertz CT molecular complexity index is 91.4. The van der Waals surface area contributed by atoms with Crippen molar-refractivity contribution in [2.45, 2.75) is 19.8 Å². The van der Waals surface area contributed by atoms with Gasteiger partial charge in [0.1, 0.15) is 0 Å². The first kappa shape index (κ1) is 8.02. The quantitative estimate of drug-likeness (QED) is 0.597. The molecule has 2 heteroatoms. The van der Waals surface area contributed by atoms with Gasteiger partial charge in [0, 0.05) is 13.2 Å². The van der Waals surface area contributed by atoms with E-state index in [0.717, 1.165) is 12.8 Å². The van der Waals surface area contributed by atoms with Crippen molar-refractivity contribution >= 4 is 0 Å². The lowest BCUT2D eigenvalue weighted by molar-refractivity contribution is 0.141. The van der Waals surface area contributed by atoms with E-state index in [2.05, 4.69) is 6.92 Å². The van der Waals surface area contributed by atoms with Crippen molar-refractivity contribution in [1.82, 2.24) is 0 Å². The van der Waals surface area contributed by atoms with Crippen LogP contribution in [0.1, 0.15) is 19.8 Å². The second-order valence-corrected chi connectivity index (χ2v) is 3.46. The summed E-state index contributed by atoms with van der Waals surface area (Å²) in [5, 5.41) is 17.7. The lowest BCUT2D eigenvalue weighted by Gasteiger charge is -2.12. The fraction of sp³-hybridized carbons (Fsp3) is 1.00. The van der Waals surface area contributed by atoms with Crippen LogP contribution in [-0.4, -0.2) is 23.4 Å². The summed E-state index contributed by atoms with van der Waals surface area (Å²) < 4.78 is 0. The Morgan fingerprint density at radius 1 is 1.10 bits per heavy atom. The highest BCUT2D eigenvalue weighted by atomic mass is 16.3. The van der Waals surface area contributed by atoms with Crippen molar-refractivity contribution in [2.24, 2.45) is 17.8 Å². The Labute approximate surface area is 61.9 Å². The summed E-state index contributed by atoms with van der Waals surface area (Å²) in [7, 11) is 0. The van der Waals surface area contributed by atoms with Crippen LogP contribution in [-0.2, 0) is 0 Å². The van der Waals surface area contributed by atoms with E-state index in [9.17, 15) is 0 Å². The summed E-state index contributed by atoms with van der Waals surface area (Å²) in [6.45, 7) is 2.67. The van der Waals surface area contributed by atoms with Crippen LogP contribution in [0.3, 0.4) is 0 Å². The third-order valence-electron chi connectivity index (χ3n) is 2.55. The van der Waals surface area contributed by atoms with Crippen LogP contribution in [0, 0.1) is 17.8 Å². The molecular formula is C8H16O2. The van der Waals surface area contributed by atoms with Gasteiger partial charge in [0.2, 0.25) is 0 Å². The molecule has 1 aliphatic rings. The third kappa shape index (κ3) is 1.50. The molecule has 2 N–H and O–H groups in total. The lowest BCUT2D eigenvalue weighted by atomic mass is 9.98. The minimum Gasteiger partial charge on any atom is -0.396 e. The number of hydrogen-bond acceptors (Lipinski definition) is 2. The first-order valence-corrected chi connectivity index (χ1v) is 3.99. The molecule has 0 bridgehead atoms. The van der Waals surface area contributed by atoms with Crippen molar-refractivity contribution < 1.29 is 10.2 Å². The van der Waals surface area contributed by atoms with Gasteiger partial charge >= 0.3 is 0 Å². The van der Waals surface area contributed by atoms with Crippen molar-refractivity contribution in [3.63, 3.8) is 0 Å². The monoisotopic (exact) mass is 144 g/mol. The van der Waals surface area contributed by atoms with E-state index in [-0.39, 0.29) is 13.2 Å². The largest absolute Gasteiger partial charge is 0.396 e. The molecule has 0 radical (unpaired) electrons. The molecule has 0 aromatic heterocycles. The van der Waals surface area contributed by atoms with Crippen LogP contribution in [0.4, 0.5) is 0 Å². The van der Waals surface area contributed by atoms with Gasteiger partial charge in [-0.1, -0.05) is 6.92 Å². The molecule has 0 saturated heterocycles. The summed E-state index contributed by atoms with van der Waals surface area (Å²) in [5.74, 6) is 1.41. The van der Waals surface area contributed by atoms with Crippen LogP contribution in [0.5, 0.6) is 0 Å². The van der Waals surface area contributed by atoms with E-state index in [1.54, 1.807) is 0 Å². The molecule has 0 aromatic carbocycles. The maximum atomic E-state index is 8.87. The third-order valence-corrected chi connectivity index (χ3v) is 2.55. The van der Waals surface area contributed by atoms with E-state index in [1.165, 1.54) is 0 Å². The van der Waals surface area contributed by atoms with Gasteiger partial charge in [-0.3, -0.25) is 0 Å². The fourth-order valence-electron chi connectivity index (χ4n) is 1.96.